The lowest BCUT2D eigenvalue weighted by atomic mass is 9.66. The quantitative estimate of drug-likeness (QED) is 0.666. The van der Waals surface area contributed by atoms with E-state index in [-0.39, 0.29) is 0 Å². The van der Waals surface area contributed by atoms with Crippen LogP contribution in [0.15, 0.2) is 30.3 Å². The SMILES string of the molecule is CC(C)C1CCC(C)(c2ccccc2)CC1. The Kier molecular flexibility index (Phi) is 3.37. The fraction of sp³-hybridized carbons (Fsp3) is 0.625. The van der Waals surface area contributed by atoms with Crippen LogP contribution in [0.3, 0.4) is 0 Å². The van der Waals surface area contributed by atoms with Crippen LogP contribution in [0.1, 0.15) is 52.0 Å². The van der Waals surface area contributed by atoms with Gasteiger partial charge in [-0.05, 0) is 48.5 Å². The predicted octanol–water partition coefficient (Wildman–Crippen LogP) is 4.79. The third-order valence-electron chi connectivity index (χ3n) is 4.55. The van der Waals surface area contributed by atoms with Gasteiger partial charge in [-0.3, -0.25) is 0 Å². The Hall–Kier alpha value is -0.780. The highest BCUT2D eigenvalue weighted by atomic mass is 14.4. The second kappa shape index (κ2) is 4.61. The van der Waals surface area contributed by atoms with E-state index in [1.165, 1.54) is 31.2 Å². The Morgan fingerprint density at radius 1 is 1.06 bits per heavy atom. The van der Waals surface area contributed by atoms with E-state index < -0.39 is 0 Å². The summed E-state index contributed by atoms with van der Waals surface area (Å²) in [4.78, 5) is 0. The highest BCUT2D eigenvalue weighted by molar-refractivity contribution is 5.24. The van der Waals surface area contributed by atoms with Gasteiger partial charge in [0.1, 0.15) is 0 Å². The smallest absolute Gasteiger partial charge is 0.00750 e. The van der Waals surface area contributed by atoms with Gasteiger partial charge < -0.3 is 0 Å². The molecule has 0 radical (unpaired) electrons. The Labute approximate surface area is 100 Å². The molecular formula is C16H24. The standard InChI is InChI=1S/C16H24/c1-13(2)14-9-11-16(3,12-10-14)15-7-5-4-6-8-15/h4-8,13-14H,9-12H2,1-3H3. The molecule has 88 valence electrons. The zero-order valence-corrected chi connectivity index (χ0v) is 10.9. The molecule has 1 aliphatic carbocycles. The minimum atomic E-state index is 0.437. The van der Waals surface area contributed by atoms with Gasteiger partial charge in [-0.15, -0.1) is 0 Å². The van der Waals surface area contributed by atoms with Crippen LogP contribution < -0.4 is 0 Å². The maximum Gasteiger partial charge on any atom is -0.00750 e. The van der Waals surface area contributed by atoms with Crippen LogP contribution in [-0.2, 0) is 5.41 Å². The summed E-state index contributed by atoms with van der Waals surface area (Å²) >= 11 is 0. The van der Waals surface area contributed by atoms with Crippen LogP contribution in [0.25, 0.3) is 0 Å². The van der Waals surface area contributed by atoms with Crippen LogP contribution in [0.5, 0.6) is 0 Å². The summed E-state index contributed by atoms with van der Waals surface area (Å²) in [5.41, 5.74) is 1.98. The molecule has 0 unspecified atom stereocenters. The van der Waals surface area contributed by atoms with E-state index in [1.807, 2.05) is 0 Å². The van der Waals surface area contributed by atoms with Gasteiger partial charge in [0.15, 0.2) is 0 Å². The van der Waals surface area contributed by atoms with E-state index in [0.717, 1.165) is 11.8 Å². The molecule has 0 heterocycles. The normalized spacial score (nSPS) is 30.6. The van der Waals surface area contributed by atoms with Crippen molar-refractivity contribution in [2.24, 2.45) is 11.8 Å². The fourth-order valence-electron chi connectivity index (χ4n) is 3.07. The van der Waals surface area contributed by atoms with Gasteiger partial charge in [0.25, 0.3) is 0 Å². The number of hydrogen-bond donors (Lipinski definition) is 0. The van der Waals surface area contributed by atoms with Crippen LogP contribution in [-0.4, -0.2) is 0 Å². The van der Waals surface area contributed by atoms with Gasteiger partial charge in [0.2, 0.25) is 0 Å². The molecule has 0 nitrogen and oxygen atoms in total. The zero-order chi connectivity index (χ0) is 11.6. The van der Waals surface area contributed by atoms with E-state index in [0.29, 0.717) is 5.41 Å². The summed E-state index contributed by atoms with van der Waals surface area (Å²) in [6.07, 6.45) is 5.53. The van der Waals surface area contributed by atoms with Crippen molar-refractivity contribution in [3.63, 3.8) is 0 Å². The largest absolute Gasteiger partial charge is 0.0625 e. The summed E-state index contributed by atoms with van der Waals surface area (Å²) < 4.78 is 0. The molecule has 0 saturated heterocycles. The Balaban J connectivity index is 2.07. The second-order valence-electron chi connectivity index (χ2n) is 6.01. The summed E-state index contributed by atoms with van der Waals surface area (Å²) in [5, 5.41) is 0. The molecule has 1 saturated carbocycles. The summed E-state index contributed by atoms with van der Waals surface area (Å²) in [7, 11) is 0. The van der Waals surface area contributed by atoms with Crippen LogP contribution in [0.4, 0.5) is 0 Å². The fourth-order valence-corrected chi connectivity index (χ4v) is 3.07. The molecule has 16 heavy (non-hydrogen) atoms. The third kappa shape index (κ3) is 2.31. The molecule has 1 fully saturated rings. The zero-order valence-electron chi connectivity index (χ0n) is 10.9. The predicted molar refractivity (Wildman–Crippen MR) is 70.6 cm³/mol. The molecule has 0 aliphatic heterocycles. The van der Waals surface area contributed by atoms with Gasteiger partial charge in [0, 0.05) is 0 Å². The van der Waals surface area contributed by atoms with Crippen molar-refractivity contribution in [1.82, 2.24) is 0 Å². The first kappa shape index (κ1) is 11.7. The van der Waals surface area contributed by atoms with Gasteiger partial charge in [-0.2, -0.15) is 0 Å². The molecular weight excluding hydrogens is 192 g/mol. The molecule has 0 spiro atoms. The van der Waals surface area contributed by atoms with E-state index in [4.69, 9.17) is 0 Å². The number of hydrogen-bond acceptors (Lipinski definition) is 0. The summed E-state index contributed by atoms with van der Waals surface area (Å²) in [6.45, 7) is 7.19. The molecule has 0 atom stereocenters. The van der Waals surface area contributed by atoms with Crippen LogP contribution >= 0.6 is 0 Å². The number of benzene rings is 1. The first-order valence-electron chi connectivity index (χ1n) is 6.67. The maximum absolute atomic E-state index is 2.44. The molecule has 0 heteroatoms. The Bertz CT molecular complexity index is 315. The molecule has 1 aromatic rings. The van der Waals surface area contributed by atoms with Crippen LogP contribution in [0.2, 0.25) is 0 Å². The molecule has 2 rings (SSSR count). The van der Waals surface area contributed by atoms with Gasteiger partial charge in [-0.25, -0.2) is 0 Å². The van der Waals surface area contributed by atoms with Crippen molar-refractivity contribution in [2.45, 2.75) is 51.9 Å². The van der Waals surface area contributed by atoms with E-state index in [2.05, 4.69) is 51.1 Å². The monoisotopic (exact) mass is 216 g/mol. The number of rotatable bonds is 2. The first-order valence-corrected chi connectivity index (χ1v) is 6.67. The average Bonchev–Trinajstić information content (AvgIpc) is 2.31. The van der Waals surface area contributed by atoms with Gasteiger partial charge in [-0.1, -0.05) is 51.1 Å². The Morgan fingerprint density at radius 3 is 2.12 bits per heavy atom. The van der Waals surface area contributed by atoms with Crippen molar-refractivity contribution in [2.75, 3.05) is 0 Å². The van der Waals surface area contributed by atoms with Crippen molar-refractivity contribution in [3.05, 3.63) is 35.9 Å². The van der Waals surface area contributed by atoms with Gasteiger partial charge >= 0.3 is 0 Å². The Morgan fingerprint density at radius 2 is 1.62 bits per heavy atom. The van der Waals surface area contributed by atoms with Crippen molar-refractivity contribution in [1.29, 1.82) is 0 Å². The lowest BCUT2D eigenvalue weighted by molar-refractivity contribution is 0.204. The lowest BCUT2D eigenvalue weighted by Gasteiger charge is -2.39. The van der Waals surface area contributed by atoms with Crippen molar-refractivity contribution >= 4 is 0 Å². The van der Waals surface area contributed by atoms with E-state index in [1.54, 1.807) is 0 Å². The molecule has 1 aromatic carbocycles. The second-order valence-corrected chi connectivity index (χ2v) is 6.01. The summed E-state index contributed by atoms with van der Waals surface area (Å²) in [6, 6.07) is 11.1. The summed E-state index contributed by atoms with van der Waals surface area (Å²) in [5.74, 6) is 1.82. The van der Waals surface area contributed by atoms with E-state index >= 15 is 0 Å². The first-order chi connectivity index (χ1) is 7.62. The third-order valence-corrected chi connectivity index (χ3v) is 4.55. The minimum Gasteiger partial charge on any atom is -0.0625 e. The minimum absolute atomic E-state index is 0.437. The molecule has 0 amide bonds. The van der Waals surface area contributed by atoms with E-state index in [9.17, 15) is 0 Å². The molecule has 1 aliphatic rings. The average molecular weight is 216 g/mol. The highest BCUT2D eigenvalue weighted by Crippen LogP contribution is 2.43. The van der Waals surface area contributed by atoms with Crippen molar-refractivity contribution < 1.29 is 0 Å². The highest BCUT2D eigenvalue weighted by Gasteiger charge is 2.33. The topological polar surface area (TPSA) is 0 Å². The van der Waals surface area contributed by atoms with Crippen LogP contribution in [0, 0.1) is 11.8 Å². The maximum atomic E-state index is 2.44. The molecule has 0 bridgehead atoms. The lowest BCUT2D eigenvalue weighted by Crippen LogP contribution is -2.30. The molecule has 0 N–H and O–H groups in total. The molecule has 0 aromatic heterocycles. The van der Waals surface area contributed by atoms with Gasteiger partial charge in [0.05, 0.1) is 0 Å². The van der Waals surface area contributed by atoms with Crippen molar-refractivity contribution in [3.8, 4) is 0 Å².